The number of hydrogen-bond donors (Lipinski definition) is 0. The Kier molecular flexibility index (Phi) is 8.48. The maximum absolute atomic E-state index is 12.2. The zero-order valence-corrected chi connectivity index (χ0v) is 26.8. The van der Waals surface area contributed by atoms with Crippen molar-refractivity contribution in [3.05, 3.63) is 58.7 Å². The van der Waals surface area contributed by atoms with Gasteiger partial charge in [-0.25, -0.2) is 0 Å². The molecule has 1 spiro atoms. The van der Waals surface area contributed by atoms with Crippen molar-refractivity contribution < 1.29 is 19.0 Å². The highest BCUT2D eigenvalue weighted by Crippen LogP contribution is 2.64. The molecule has 8 unspecified atom stereocenters. The van der Waals surface area contributed by atoms with E-state index in [-0.39, 0.29) is 11.0 Å². The molecule has 4 fully saturated rings. The SMILES string of the molecule is CC1=C2CC3C(CCC4=CC(=O)CCC43C)C2CCC2(C1)OC1CCCN(CCOCCOCc3ccccc3)C1C2C. The standard InChI is InChI=1S/C38H53NO4/c1-26-24-38(16-14-31-32-12-11-29-22-30(40)13-15-37(29,3)34(32)23-33(26)31)27(2)36-35(43-38)10-7-17-39(36)18-19-41-20-21-42-25-28-8-5-4-6-9-28/h4-6,8-9,22,27,31-32,34-36H,7,10-21,23-25H2,1-3H3. The van der Waals surface area contributed by atoms with Crippen LogP contribution in [0.25, 0.3) is 0 Å². The van der Waals surface area contributed by atoms with E-state index in [4.69, 9.17) is 14.2 Å². The number of benzene rings is 1. The van der Waals surface area contributed by atoms with E-state index in [2.05, 4.69) is 49.9 Å². The normalized spacial score (nSPS) is 39.2. The van der Waals surface area contributed by atoms with Crippen molar-refractivity contribution in [3.8, 4) is 0 Å². The van der Waals surface area contributed by atoms with E-state index in [1.807, 2.05) is 12.1 Å². The number of hydrogen-bond acceptors (Lipinski definition) is 5. The van der Waals surface area contributed by atoms with Crippen LogP contribution in [0.4, 0.5) is 0 Å². The lowest BCUT2D eigenvalue weighted by molar-refractivity contribution is -0.116. The Labute approximate surface area is 259 Å². The average Bonchev–Trinajstić information content (AvgIpc) is 3.48. The number of nitrogens with zero attached hydrogens (tertiary/aromatic N) is 1. The van der Waals surface area contributed by atoms with Crippen molar-refractivity contribution in [2.75, 3.05) is 32.9 Å². The summed E-state index contributed by atoms with van der Waals surface area (Å²) in [5.74, 6) is 3.10. The summed E-state index contributed by atoms with van der Waals surface area (Å²) in [4.78, 5) is 14.9. The van der Waals surface area contributed by atoms with Crippen molar-refractivity contribution in [2.45, 2.75) is 109 Å². The fourth-order valence-corrected chi connectivity index (χ4v) is 10.6. The van der Waals surface area contributed by atoms with Crippen molar-refractivity contribution in [1.82, 2.24) is 4.90 Å². The molecule has 2 saturated carbocycles. The van der Waals surface area contributed by atoms with Crippen molar-refractivity contribution in [3.63, 3.8) is 0 Å². The number of piperidine rings is 1. The summed E-state index contributed by atoms with van der Waals surface area (Å²) in [6.45, 7) is 12.3. The summed E-state index contributed by atoms with van der Waals surface area (Å²) in [6.07, 6.45) is 13.8. The fraction of sp³-hybridized carbons (Fsp3) is 0.711. The van der Waals surface area contributed by atoms with Crippen LogP contribution in [0.3, 0.4) is 0 Å². The van der Waals surface area contributed by atoms with Gasteiger partial charge >= 0.3 is 0 Å². The molecule has 4 aliphatic carbocycles. The van der Waals surface area contributed by atoms with Gasteiger partial charge in [0.05, 0.1) is 38.1 Å². The summed E-state index contributed by atoms with van der Waals surface area (Å²) in [5, 5.41) is 0. The first kappa shape index (κ1) is 29.9. The van der Waals surface area contributed by atoms with E-state index in [0.29, 0.717) is 55.5 Å². The molecular weight excluding hydrogens is 534 g/mol. The maximum atomic E-state index is 12.2. The first-order chi connectivity index (χ1) is 20.9. The van der Waals surface area contributed by atoms with Gasteiger partial charge < -0.3 is 14.2 Å². The molecule has 5 heteroatoms. The Bertz CT molecular complexity index is 1240. The van der Waals surface area contributed by atoms with Gasteiger partial charge in [-0.15, -0.1) is 0 Å². The topological polar surface area (TPSA) is 48.0 Å². The van der Waals surface area contributed by atoms with E-state index in [9.17, 15) is 4.79 Å². The minimum absolute atomic E-state index is 0.0259. The zero-order valence-electron chi connectivity index (χ0n) is 26.8. The second kappa shape index (κ2) is 12.2. The molecule has 234 valence electrons. The van der Waals surface area contributed by atoms with Crippen LogP contribution in [0.2, 0.25) is 0 Å². The third-order valence-corrected chi connectivity index (χ3v) is 12.9. The molecule has 8 atom stereocenters. The van der Waals surface area contributed by atoms with E-state index in [0.717, 1.165) is 51.3 Å². The summed E-state index contributed by atoms with van der Waals surface area (Å²) in [5.41, 5.74) is 6.29. The van der Waals surface area contributed by atoms with Crippen LogP contribution in [0.5, 0.6) is 0 Å². The molecule has 0 amide bonds. The minimum Gasteiger partial charge on any atom is -0.378 e. The monoisotopic (exact) mass is 587 g/mol. The molecular formula is C38H53NO4. The van der Waals surface area contributed by atoms with E-state index < -0.39 is 0 Å². The average molecular weight is 588 g/mol. The predicted molar refractivity (Wildman–Crippen MR) is 170 cm³/mol. The molecule has 2 saturated heterocycles. The number of carbonyl (C=O) groups excluding carboxylic acids is 1. The lowest BCUT2D eigenvalue weighted by Crippen LogP contribution is -2.50. The molecule has 6 aliphatic rings. The lowest BCUT2D eigenvalue weighted by Gasteiger charge is -2.48. The Morgan fingerprint density at radius 1 is 1.02 bits per heavy atom. The van der Waals surface area contributed by atoms with Gasteiger partial charge in [0.2, 0.25) is 0 Å². The van der Waals surface area contributed by atoms with Crippen LogP contribution in [-0.4, -0.2) is 61.3 Å². The number of rotatable bonds is 8. The van der Waals surface area contributed by atoms with Crippen LogP contribution < -0.4 is 0 Å². The predicted octanol–water partition coefficient (Wildman–Crippen LogP) is 7.30. The second-order valence-corrected chi connectivity index (χ2v) is 15.0. The van der Waals surface area contributed by atoms with Gasteiger partial charge in [0, 0.05) is 24.9 Å². The highest BCUT2D eigenvalue weighted by atomic mass is 16.5. The van der Waals surface area contributed by atoms with Crippen LogP contribution >= 0.6 is 0 Å². The van der Waals surface area contributed by atoms with Crippen molar-refractivity contribution in [1.29, 1.82) is 0 Å². The molecule has 1 aromatic carbocycles. The zero-order chi connectivity index (χ0) is 29.6. The Hall–Kier alpha value is -1.79. The van der Waals surface area contributed by atoms with Gasteiger partial charge in [-0.05, 0) is 106 Å². The van der Waals surface area contributed by atoms with Crippen molar-refractivity contribution >= 4 is 5.78 Å². The Morgan fingerprint density at radius 3 is 2.72 bits per heavy atom. The summed E-state index contributed by atoms with van der Waals surface area (Å²) in [7, 11) is 0. The highest BCUT2D eigenvalue weighted by molar-refractivity contribution is 5.91. The molecule has 0 radical (unpaired) electrons. The summed E-state index contributed by atoms with van der Waals surface area (Å²) >= 11 is 0. The van der Waals surface area contributed by atoms with E-state index >= 15 is 0 Å². The van der Waals surface area contributed by atoms with Gasteiger partial charge in [-0.2, -0.15) is 0 Å². The number of ether oxygens (including phenoxy) is 3. The number of likely N-dealkylation sites (tertiary alicyclic amines) is 1. The number of fused-ring (bicyclic) bond motifs is 6. The molecule has 5 nitrogen and oxygen atoms in total. The minimum atomic E-state index is -0.0259. The van der Waals surface area contributed by atoms with Crippen LogP contribution in [-0.2, 0) is 25.6 Å². The van der Waals surface area contributed by atoms with Crippen molar-refractivity contribution in [2.24, 2.45) is 29.1 Å². The highest BCUT2D eigenvalue weighted by Gasteiger charge is 2.59. The van der Waals surface area contributed by atoms with Crippen LogP contribution in [0.15, 0.2) is 53.1 Å². The van der Waals surface area contributed by atoms with E-state index in [1.54, 1.807) is 11.1 Å². The molecule has 0 aromatic heterocycles. The third-order valence-electron chi connectivity index (χ3n) is 12.9. The van der Waals surface area contributed by atoms with Crippen LogP contribution in [0, 0.1) is 29.1 Å². The summed E-state index contributed by atoms with van der Waals surface area (Å²) < 4.78 is 19.1. The van der Waals surface area contributed by atoms with Crippen LogP contribution in [0.1, 0.15) is 90.5 Å². The number of ketones is 1. The molecule has 7 rings (SSSR count). The molecule has 1 aromatic rings. The third kappa shape index (κ3) is 5.51. The molecule has 2 heterocycles. The Morgan fingerprint density at radius 2 is 1.86 bits per heavy atom. The Balaban J connectivity index is 0.971. The van der Waals surface area contributed by atoms with Gasteiger partial charge in [-0.1, -0.05) is 60.9 Å². The second-order valence-electron chi connectivity index (χ2n) is 15.0. The first-order valence-electron chi connectivity index (χ1n) is 17.4. The van der Waals surface area contributed by atoms with Gasteiger partial charge in [0.15, 0.2) is 5.78 Å². The number of allylic oxidation sites excluding steroid dienone is 3. The first-order valence-corrected chi connectivity index (χ1v) is 17.4. The maximum Gasteiger partial charge on any atom is 0.155 e. The van der Waals surface area contributed by atoms with Gasteiger partial charge in [0.1, 0.15) is 0 Å². The van der Waals surface area contributed by atoms with E-state index in [1.165, 1.54) is 49.7 Å². The lowest BCUT2D eigenvalue weighted by atomic mass is 9.56. The molecule has 0 N–H and O–H groups in total. The largest absolute Gasteiger partial charge is 0.378 e. The summed E-state index contributed by atoms with van der Waals surface area (Å²) in [6, 6.07) is 10.8. The molecule has 2 aliphatic heterocycles. The van der Waals surface area contributed by atoms with Gasteiger partial charge in [0.25, 0.3) is 0 Å². The fourth-order valence-electron chi connectivity index (χ4n) is 10.6. The quantitative estimate of drug-likeness (QED) is 0.236. The smallest absolute Gasteiger partial charge is 0.155 e. The number of carbonyl (C=O) groups is 1. The molecule has 0 bridgehead atoms. The van der Waals surface area contributed by atoms with Gasteiger partial charge in [-0.3, -0.25) is 9.69 Å². The molecule has 43 heavy (non-hydrogen) atoms.